The van der Waals surface area contributed by atoms with Gasteiger partial charge in [-0.3, -0.25) is 0 Å². The molecule has 4 heteroatoms. The van der Waals surface area contributed by atoms with E-state index in [-0.39, 0.29) is 12.2 Å². The highest BCUT2D eigenvalue weighted by molar-refractivity contribution is 5.13. The molecular weight excluding hydrogens is 220 g/mol. The fraction of sp³-hybridized carbons (Fsp3) is 0.538. The van der Waals surface area contributed by atoms with Crippen LogP contribution in [0.3, 0.4) is 0 Å². The van der Waals surface area contributed by atoms with Gasteiger partial charge in [0.25, 0.3) is 0 Å². The summed E-state index contributed by atoms with van der Waals surface area (Å²) in [4.78, 5) is 0. The minimum Gasteiger partial charge on any atom is -0.385 e. The Morgan fingerprint density at radius 3 is 2.94 bits per heavy atom. The second-order valence-corrected chi connectivity index (χ2v) is 4.52. The predicted octanol–water partition coefficient (Wildman–Crippen LogP) is 1.08. The largest absolute Gasteiger partial charge is 0.385 e. The van der Waals surface area contributed by atoms with Crippen LogP contribution in [0.15, 0.2) is 30.3 Å². The smallest absolute Gasteiger partial charge is 0.186 e. The SMILES string of the molecule is OC1C(OCc2ccccc2)CC2COC1O2. The average molecular weight is 236 g/mol. The minimum atomic E-state index is -0.683. The summed E-state index contributed by atoms with van der Waals surface area (Å²) in [6.07, 6.45) is -0.609. The van der Waals surface area contributed by atoms with Crippen molar-refractivity contribution in [3.8, 4) is 0 Å². The molecule has 3 rings (SSSR count). The Bertz CT molecular complexity index is 367. The van der Waals surface area contributed by atoms with Crippen LogP contribution < -0.4 is 0 Å². The monoisotopic (exact) mass is 236 g/mol. The number of aliphatic hydroxyl groups is 1. The molecule has 4 nitrogen and oxygen atoms in total. The summed E-state index contributed by atoms with van der Waals surface area (Å²) in [5, 5.41) is 9.96. The number of rotatable bonds is 3. The van der Waals surface area contributed by atoms with Crippen molar-refractivity contribution in [3.63, 3.8) is 0 Å². The molecule has 0 radical (unpaired) electrons. The fourth-order valence-electron chi connectivity index (χ4n) is 2.29. The van der Waals surface area contributed by atoms with E-state index in [1.165, 1.54) is 0 Å². The Morgan fingerprint density at radius 2 is 2.12 bits per heavy atom. The van der Waals surface area contributed by atoms with Gasteiger partial charge in [0.15, 0.2) is 6.29 Å². The molecule has 1 aromatic carbocycles. The molecule has 0 aliphatic carbocycles. The highest BCUT2D eigenvalue weighted by Gasteiger charge is 2.43. The highest BCUT2D eigenvalue weighted by Crippen LogP contribution is 2.29. The first kappa shape index (κ1) is 11.2. The maximum atomic E-state index is 9.96. The first-order valence-corrected chi connectivity index (χ1v) is 5.93. The summed E-state index contributed by atoms with van der Waals surface area (Å²) in [6, 6.07) is 9.95. The van der Waals surface area contributed by atoms with E-state index in [4.69, 9.17) is 14.2 Å². The average Bonchev–Trinajstić information content (AvgIpc) is 2.78. The van der Waals surface area contributed by atoms with Gasteiger partial charge in [-0.15, -0.1) is 0 Å². The van der Waals surface area contributed by atoms with Crippen molar-refractivity contribution in [2.75, 3.05) is 6.61 Å². The first-order valence-electron chi connectivity index (χ1n) is 5.93. The number of fused-ring (bicyclic) bond motifs is 2. The zero-order chi connectivity index (χ0) is 11.7. The van der Waals surface area contributed by atoms with Gasteiger partial charge in [0.2, 0.25) is 0 Å². The van der Waals surface area contributed by atoms with E-state index in [0.29, 0.717) is 19.6 Å². The lowest BCUT2D eigenvalue weighted by molar-refractivity contribution is -0.206. The van der Waals surface area contributed by atoms with Crippen LogP contribution in [0, 0.1) is 0 Å². The summed E-state index contributed by atoms with van der Waals surface area (Å²) in [5.41, 5.74) is 1.11. The lowest BCUT2D eigenvalue weighted by Gasteiger charge is -2.31. The molecule has 2 aliphatic heterocycles. The summed E-state index contributed by atoms with van der Waals surface area (Å²) in [5.74, 6) is 0. The second kappa shape index (κ2) is 4.74. The molecule has 0 amide bonds. The quantitative estimate of drug-likeness (QED) is 0.853. The van der Waals surface area contributed by atoms with Crippen molar-refractivity contribution in [3.05, 3.63) is 35.9 Å². The Balaban J connectivity index is 1.58. The van der Waals surface area contributed by atoms with Crippen molar-refractivity contribution >= 4 is 0 Å². The lowest BCUT2D eigenvalue weighted by Crippen LogP contribution is -2.45. The van der Waals surface area contributed by atoms with Crippen molar-refractivity contribution in [2.45, 2.75) is 37.6 Å². The highest BCUT2D eigenvalue weighted by atomic mass is 16.7. The summed E-state index contributed by atoms with van der Waals surface area (Å²) >= 11 is 0. The molecule has 92 valence electrons. The molecule has 2 aliphatic rings. The number of aliphatic hydroxyl groups excluding tert-OH is 1. The van der Waals surface area contributed by atoms with Crippen LogP contribution >= 0.6 is 0 Å². The summed E-state index contributed by atoms with van der Waals surface area (Å²) in [7, 11) is 0. The zero-order valence-electron chi connectivity index (χ0n) is 9.49. The van der Waals surface area contributed by atoms with Crippen molar-refractivity contribution in [1.29, 1.82) is 0 Å². The van der Waals surface area contributed by atoms with Crippen LogP contribution in [0.2, 0.25) is 0 Å². The van der Waals surface area contributed by atoms with Gasteiger partial charge in [-0.2, -0.15) is 0 Å². The summed E-state index contributed by atoms with van der Waals surface area (Å²) in [6.45, 7) is 1.08. The van der Waals surface area contributed by atoms with E-state index in [0.717, 1.165) is 5.56 Å². The van der Waals surface area contributed by atoms with Gasteiger partial charge in [0.05, 0.1) is 25.4 Å². The Morgan fingerprint density at radius 1 is 1.29 bits per heavy atom. The van der Waals surface area contributed by atoms with Crippen LogP contribution in [0.25, 0.3) is 0 Å². The predicted molar refractivity (Wildman–Crippen MR) is 60.3 cm³/mol. The van der Waals surface area contributed by atoms with Gasteiger partial charge >= 0.3 is 0 Å². The molecule has 0 aromatic heterocycles. The molecule has 0 spiro atoms. The molecule has 2 bridgehead atoms. The standard InChI is InChI=1S/C13H16O4/c14-12-11(6-10-8-16-13(12)17-10)15-7-9-4-2-1-3-5-9/h1-5,10-14H,6-8H2. The number of hydrogen-bond donors (Lipinski definition) is 1. The molecule has 2 heterocycles. The van der Waals surface area contributed by atoms with Crippen LogP contribution in [-0.2, 0) is 20.8 Å². The first-order chi connectivity index (χ1) is 8.33. The van der Waals surface area contributed by atoms with Gasteiger partial charge in [0.1, 0.15) is 6.10 Å². The molecular formula is C13H16O4. The van der Waals surface area contributed by atoms with E-state index in [9.17, 15) is 5.11 Å². The molecule has 4 atom stereocenters. The van der Waals surface area contributed by atoms with E-state index < -0.39 is 12.4 Å². The second-order valence-electron chi connectivity index (χ2n) is 4.52. The number of ether oxygens (including phenoxy) is 3. The molecule has 2 saturated heterocycles. The van der Waals surface area contributed by atoms with Crippen molar-refractivity contribution in [2.24, 2.45) is 0 Å². The molecule has 0 saturated carbocycles. The summed E-state index contributed by atoms with van der Waals surface area (Å²) < 4.78 is 16.5. The molecule has 17 heavy (non-hydrogen) atoms. The number of hydrogen-bond acceptors (Lipinski definition) is 4. The molecule has 4 unspecified atom stereocenters. The molecule has 1 aromatic rings. The lowest BCUT2D eigenvalue weighted by atomic mass is 10.0. The Hall–Kier alpha value is -0.940. The Kier molecular flexibility index (Phi) is 3.11. The molecule has 2 fully saturated rings. The van der Waals surface area contributed by atoms with E-state index in [1.807, 2.05) is 30.3 Å². The van der Waals surface area contributed by atoms with E-state index in [2.05, 4.69) is 0 Å². The van der Waals surface area contributed by atoms with Crippen LogP contribution in [0.1, 0.15) is 12.0 Å². The Labute approximate surface area is 100 Å². The van der Waals surface area contributed by atoms with E-state index >= 15 is 0 Å². The normalized spacial score (nSPS) is 36.1. The van der Waals surface area contributed by atoms with Crippen LogP contribution in [-0.4, -0.2) is 36.3 Å². The number of benzene rings is 1. The molecule has 1 N–H and O–H groups in total. The van der Waals surface area contributed by atoms with Crippen molar-refractivity contribution in [1.82, 2.24) is 0 Å². The van der Waals surface area contributed by atoms with Crippen LogP contribution in [0.4, 0.5) is 0 Å². The van der Waals surface area contributed by atoms with Gasteiger partial charge in [-0.05, 0) is 5.56 Å². The minimum absolute atomic E-state index is 0.0733. The maximum Gasteiger partial charge on any atom is 0.186 e. The van der Waals surface area contributed by atoms with Gasteiger partial charge < -0.3 is 19.3 Å². The van der Waals surface area contributed by atoms with Crippen molar-refractivity contribution < 1.29 is 19.3 Å². The van der Waals surface area contributed by atoms with Gasteiger partial charge in [-0.1, -0.05) is 30.3 Å². The van der Waals surface area contributed by atoms with Gasteiger partial charge in [0, 0.05) is 6.42 Å². The van der Waals surface area contributed by atoms with E-state index in [1.54, 1.807) is 0 Å². The van der Waals surface area contributed by atoms with Gasteiger partial charge in [-0.25, -0.2) is 0 Å². The third-order valence-electron chi connectivity index (χ3n) is 3.23. The maximum absolute atomic E-state index is 9.96. The fourth-order valence-corrected chi connectivity index (χ4v) is 2.29. The third-order valence-corrected chi connectivity index (χ3v) is 3.23. The third kappa shape index (κ3) is 2.35. The topological polar surface area (TPSA) is 47.9 Å². The van der Waals surface area contributed by atoms with Crippen LogP contribution in [0.5, 0.6) is 0 Å². The zero-order valence-corrected chi connectivity index (χ0v) is 9.49.